The minimum atomic E-state index is -0.421. The molecule has 1 heterocycles. The van der Waals surface area contributed by atoms with Crippen LogP contribution in [0.2, 0.25) is 0 Å². The Bertz CT molecular complexity index is 1180. The van der Waals surface area contributed by atoms with Crippen molar-refractivity contribution in [2.45, 2.75) is 13.5 Å². The Morgan fingerprint density at radius 2 is 1.66 bits per heavy atom. The van der Waals surface area contributed by atoms with Gasteiger partial charge < -0.3 is 9.88 Å². The molecule has 0 aliphatic rings. The molecule has 2 amide bonds. The van der Waals surface area contributed by atoms with E-state index in [1.165, 1.54) is 6.92 Å². The number of para-hydroxylation sites is 2. The zero-order valence-electron chi connectivity index (χ0n) is 15.9. The van der Waals surface area contributed by atoms with Crippen molar-refractivity contribution in [2.24, 2.45) is 0 Å². The van der Waals surface area contributed by atoms with Crippen molar-refractivity contribution in [3.05, 3.63) is 90.0 Å². The van der Waals surface area contributed by atoms with E-state index in [0.29, 0.717) is 23.7 Å². The van der Waals surface area contributed by atoms with Crippen LogP contribution >= 0.6 is 0 Å². The molecule has 6 nitrogen and oxygen atoms in total. The van der Waals surface area contributed by atoms with E-state index in [0.717, 1.165) is 16.6 Å². The van der Waals surface area contributed by atoms with E-state index in [1.54, 1.807) is 24.3 Å². The summed E-state index contributed by atoms with van der Waals surface area (Å²) in [7, 11) is 0. The number of nitrogens with zero attached hydrogens (tertiary/aromatic N) is 2. The summed E-state index contributed by atoms with van der Waals surface area (Å²) in [6.45, 7) is 2.07. The molecule has 1 aromatic heterocycles. The van der Waals surface area contributed by atoms with Gasteiger partial charge in [0.25, 0.3) is 0 Å². The van der Waals surface area contributed by atoms with E-state index in [9.17, 15) is 9.59 Å². The Morgan fingerprint density at radius 1 is 0.897 bits per heavy atom. The fourth-order valence-corrected chi connectivity index (χ4v) is 3.18. The maximum atomic E-state index is 12.6. The average molecular weight is 384 g/mol. The van der Waals surface area contributed by atoms with Crippen molar-refractivity contribution in [2.75, 3.05) is 10.6 Å². The second-order valence-corrected chi connectivity index (χ2v) is 6.71. The molecule has 0 atom stereocenters. The Morgan fingerprint density at radius 3 is 2.45 bits per heavy atom. The van der Waals surface area contributed by atoms with Gasteiger partial charge in [-0.1, -0.05) is 54.6 Å². The first-order valence-corrected chi connectivity index (χ1v) is 9.28. The number of rotatable bonds is 5. The van der Waals surface area contributed by atoms with Gasteiger partial charge in [-0.15, -0.1) is 0 Å². The SMILES string of the molecule is CC(=O)c1cccc(NC(=O)Nc2nc3ccccc3n2Cc2ccccc2)c1. The van der Waals surface area contributed by atoms with Crippen LogP contribution in [0, 0.1) is 0 Å². The molecule has 0 aliphatic heterocycles. The molecule has 29 heavy (non-hydrogen) atoms. The number of carbonyl (C=O) groups is 2. The first-order chi connectivity index (χ1) is 14.1. The number of nitrogens with one attached hydrogen (secondary N) is 2. The van der Waals surface area contributed by atoms with Crippen molar-refractivity contribution in [1.29, 1.82) is 0 Å². The minimum Gasteiger partial charge on any atom is -0.308 e. The largest absolute Gasteiger partial charge is 0.326 e. The molecule has 144 valence electrons. The lowest BCUT2D eigenvalue weighted by molar-refractivity contribution is 0.101. The summed E-state index contributed by atoms with van der Waals surface area (Å²) in [4.78, 5) is 28.7. The molecule has 3 aromatic carbocycles. The van der Waals surface area contributed by atoms with Gasteiger partial charge >= 0.3 is 6.03 Å². The molecule has 0 radical (unpaired) electrons. The fraction of sp³-hybridized carbons (Fsp3) is 0.0870. The number of aromatic nitrogens is 2. The van der Waals surface area contributed by atoms with Gasteiger partial charge in [0.15, 0.2) is 5.78 Å². The molecule has 0 saturated carbocycles. The number of carbonyl (C=O) groups excluding carboxylic acids is 2. The van der Waals surface area contributed by atoms with Crippen LogP contribution in [0.3, 0.4) is 0 Å². The molecule has 2 N–H and O–H groups in total. The van der Waals surface area contributed by atoms with Crippen molar-refractivity contribution < 1.29 is 9.59 Å². The van der Waals surface area contributed by atoms with E-state index < -0.39 is 6.03 Å². The van der Waals surface area contributed by atoms with Gasteiger partial charge in [0.2, 0.25) is 5.95 Å². The monoisotopic (exact) mass is 384 g/mol. The van der Waals surface area contributed by atoms with Gasteiger partial charge in [0.1, 0.15) is 0 Å². The Hall–Kier alpha value is -3.93. The number of hydrogen-bond acceptors (Lipinski definition) is 3. The van der Waals surface area contributed by atoms with Gasteiger partial charge in [-0.25, -0.2) is 9.78 Å². The fourth-order valence-electron chi connectivity index (χ4n) is 3.18. The van der Waals surface area contributed by atoms with Crippen LogP contribution in [0.25, 0.3) is 11.0 Å². The molecular formula is C23H20N4O2. The summed E-state index contributed by atoms with van der Waals surface area (Å²) in [5, 5.41) is 5.60. The van der Waals surface area contributed by atoms with Crippen molar-refractivity contribution >= 4 is 34.5 Å². The zero-order chi connectivity index (χ0) is 20.2. The molecule has 4 aromatic rings. The van der Waals surface area contributed by atoms with Crippen LogP contribution < -0.4 is 10.6 Å². The normalized spacial score (nSPS) is 10.7. The highest BCUT2D eigenvalue weighted by atomic mass is 16.2. The number of anilines is 2. The Balaban J connectivity index is 1.60. The zero-order valence-corrected chi connectivity index (χ0v) is 15.9. The standard InChI is InChI=1S/C23H20N4O2/c1-16(28)18-10-7-11-19(14-18)24-23(29)26-22-25-20-12-5-6-13-21(20)27(22)15-17-8-3-2-4-9-17/h2-14H,15H2,1H3,(H2,24,25,26,29). The smallest absolute Gasteiger partial charge is 0.308 e. The summed E-state index contributed by atoms with van der Waals surface area (Å²) in [6, 6.07) is 24.2. The van der Waals surface area contributed by atoms with Gasteiger partial charge in [-0.2, -0.15) is 0 Å². The van der Waals surface area contributed by atoms with Gasteiger partial charge in [-0.3, -0.25) is 10.1 Å². The van der Waals surface area contributed by atoms with Crippen LogP contribution in [0.4, 0.5) is 16.4 Å². The van der Waals surface area contributed by atoms with Crippen molar-refractivity contribution in [1.82, 2.24) is 9.55 Å². The van der Waals surface area contributed by atoms with E-state index in [1.807, 2.05) is 59.2 Å². The lowest BCUT2D eigenvalue weighted by Gasteiger charge is -2.11. The number of amides is 2. The molecular weight excluding hydrogens is 364 g/mol. The van der Waals surface area contributed by atoms with E-state index in [2.05, 4.69) is 15.6 Å². The highest BCUT2D eigenvalue weighted by Crippen LogP contribution is 2.21. The second kappa shape index (κ2) is 7.98. The van der Waals surface area contributed by atoms with E-state index in [-0.39, 0.29) is 5.78 Å². The van der Waals surface area contributed by atoms with Crippen LogP contribution in [0.15, 0.2) is 78.9 Å². The first-order valence-electron chi connectivity index (χ1n) is 9.28. The topological polar surface area (TPSA) is 76.0 Å². The number of benzene rings is 3. The van der Waals surface area contributed by atoms with Gasteiger partial charge in [-0.05, 0) is 36.8 Å². The Labute approximate surface area is 168 Å². The van der Waals surface area contributed by atoms with Crippen LogP contribution in [0.1, 0.15) is 22.8 Å². The van der Waals surface area contributed by atoms with Gasteiger partial charge in [0, 0.05) is 11.3 Å². The first kappa shape index (κ1) is 18.4. The molecule has 0 saturated heterocycles. The second-order valence-electron chi connectivity index (χ2n) is 6.71. The molecule has 0 bridgehead atoms. The summed E-state index contributed by atoms with van der Waals surface area (Å²) in [6.07, 6.45) is 0. The number of fused-ring (bicyclic) bond motifs is 1. The number of hydrogen-bond donors (Lipinski definition) is 2. The number of imidazole rings is 1. The highest BCUT2D eigenvalue weighted by Gasteiger charge is 2.14. The lowest BCUT2D eigenvalue weighted by Crippen LogP contribution is -2.22. The number of Topliss-reactive ketones (excluding diaryl/α,β-unsaturated/α-hetero) is 1. The molecule has 0 unspecified atom stereocenters. The molecule has 0 fully saturated rings. The molecule has 0 spiro atoms. The van der Waals surface area contributed by atoms with Crippen LogP contribution in [-0.2, 0) is 6.54 Å². The predicted molar refractivity (Wildman–Crippen MR) is 114 cm³/mol. The predicted octanol–water partition coefficient (Wildman–Crippen LogP) is 4.93. The van der Waals surface area contributed by atoms with Crippen LogP contribution in [0.5, 0.6) is 0 Å². The summed E-state index contributed by atoms with van der Waals surface area (Å²) >= 11 is 0. The van der Waals surface area contributed by atoms with E-state index in [4.69, 9.17) is 0 Å². The van der Waals surface area contributed by atoms with Crippen LogP contribution in [-0.4, -0.2) is 21.4 Å². The molecule has 0 aliphatic carbocycles. The lowest BCUT2D eigenvalue weighted by atomic mass is 10.1. The van der Waals surface area contributed by atoms with Crippen molar-refractivity contribution in [3.8, 4) is 0 Å². The molecule has 6 heteroatoms. The Kier molecular flexibility index (Phi) is 5.07. The third kappa shape index (κ3) is 4.16. The quantitative estimate of drug-likeness (QED) is 0.479. The molecule has 4 rings (SSSR count). The summed E-state index contributed by atoms with van der Waals surface area (Å²) < 4.78 is 1.97. The highest BCUT2D eigenvalue weighted by molar-refractivity contribution is 6.01. The number of ketones is 1. The van der Waals surface area contributed by atoms with Crippen molar-refractivity contribution in [3.63, 3.8) is 0 Å². The maximum absolute atomic E-state index is 12.6. The van der Waals surface area contributed by atoms with Gasteiger partial charge in [0.05, 0.1) is 17.6 Å². The van der Waals surface area contributed by atoms with E-state index >= 15 is 0 Å². The third-order valence-electron chi connectivity index (χ3n) is 4.59. The summed E-state index contributed by atoms with van der Waals surface area (Å²) in [5.74, 6) is 0.397. The summed E-state index contributed by atoms with van der Waals surface area (Å²) in [5.41, 5.74) is 3.93. The third-order valence-corrected chi connectivity index (χ3v) is 4.59. The average Bonchev–Trinajstić information content (AvgIpc) is 3.06. The maximum Gasteiger partial charge on any atom is 0.326 e. The minimum absolute atomic E-state index is 0.0567. The number of urea groups is 1.